The second kappa shape index (κ2) is 8.02. The molecule has 0 radical (unpaired) electrons. The van der Waals surface area contributed by atoms with Crippen LogP contribution in [-0.2, 0) is 9.63 Å². The lowest BCUT2D eigenvalue weighted by atomic mass is 10.3. The van der Waals surface area contributed by atoms with E-state index in [1.807, 2.05) is 14.1 Å². The Morgan fingerprint density at radius 3 is 2.78 bits per heavy atom. The summed E-state index contributed by atoms with van der Waals surface area (Å²) in [5.41, 5.74) is 0.319. The normalized spacial score (nSPS) is 11.2. The fraction of sp³-hybridized carbons (Fsp3) is 0.333. The van der Waals surface area contributed by atoms with E-state index in [1.54, 1.807) is 16.6 Å². The van der Waals surface area contributed by atoms with Gasteiger partial charge in [0.15, 0.2) is 5.71 Å². The highest BCUT2D eigenvalue weighted by Crippen LogP contribution is 2.19. The van der Waals surface area contributed by atoms with Crippen molar-refractivity contribution in [1.29, 1.82) is 0 Å². The molecule has 1 aromatic heterocycles. The van der Waals surface area contributed by atoms with E-state index in [2.05, 4.69) is 20.0 Å². The highest BCUT2D eigenvalue weighted by molar-refractivity contribution is 7.13. The van der Waals surface area contributed by atoms with E-state index >= 15 is 0 Å². The first kappa shape index (κ1) is 16.8. The first-order chi connectivity index (χ1) is 8.04. The summed E-state index contributed by atoms with van der Waals surface area (Å²) in [6.45, 7) is 0. The topological polar surface area (TPSA) is 67.2 Å². The van der Waals surface area contributed by atoms with Gasteiger partial charge in [-0.3, -0.25) is 4.79 Å². The largest absolute Gasteiger partial charge is 0.398 e. The van der Waals surface area contributed by atoms with E-state index in [0.717, 1.165) is 0 Å². The van der Waals surface area contributed by atoms with Gasteiger partial charge in [-0.1, -0.05) is 5.16 Å². The van der Waals surface area contributed by atoms with Crippen molar-refractivity contribution in [1.82, 2.24) is 9.88 Å². The number of carbonyl (C=O) groups excluding carboxylic acids is 1. The molecule has 0 saturated carbocycles. The van der Waals surface area contributed by atoms with Gasteiger partial charge in [-0.05, 0) is 11.6 Å². The minimum Gasteiger partial charge on any atom is -0.398 e. The number of aliphatic imine (C=N–C) groups is 1. The van der Waals surface area contributed by atoms with Gasteiger partial charge < -0.3 is 9.74 Å². The van der Waals surface area contributed by atoms with Crippen molar-refractivity contribution >= 4 is 57.8 Å². The van der Waals surface area contributed by atoms with Crippen molar-refractivity contribution in [3.05, 3.63) is 11.1 Å². The molecule has 0 N–H and O–H groups in total. The predicted molar refractivity (Wildman–Crippen MR) is 75.6 cm³/mol. The Hall–Kier alpha value is -1.18. The number of thiazole rings is 1. The molecule has 6 nitrogen and oxygen atoms in total. The number of nitrogens with zero attached hydrogens (tertiary/aromatic N) is 4. The molecule has 18 heavy (non-hydrogen) atoms. The van der Waals surface area contributed by atoms with Crippen molar-refractivity contribution < 1.29 is 9.63 Å². The van der Waals surface area contributed by atoms with Crippen LogP contribution < -0.4 is 0 Å². The van der Waals surface area contributed by atoms with Gasteiger partial charge in [0.1, 0.15) is 12.8 Å². The maximum atomic E-state index is 11.1. The number of rotatable bonds is 5. The summed E-state index contributed by atoms with van der Waals surface area (Å²) in [5.74, 6) is 0. The Balaban J connectivity index is 0.00000289. The van der Waals surface area contributed by atoms with Gasteiger partial charge >= 0.3 is 0 Å². The molecule has 0 amide bonds. The Bertz CT molecular complexity index is 459. The summed E-state index contributed by atoms with van der Waals surface area (Å²) in [5, 5.41) is 4.95. The SMILES string of the molecule is CON=C(C(=O)Cl)c1csc(N=CN(C)C)n1.Cl. The number of halogens is 2. The molecule has 9 heteroatoms. The van der Waals surface area contributed by atoms with E-state index in [-0.39, 0.29) is 18.1 Å². The van der Waals surface area contributed by atoms with E-state index in [9.17, 15) is 4.79 Å². The van der Waals surface area contributed by atoms with Crippen molar-refractivity contribution in [3.63, 3.8) is 0 Å². The average molecular weight is 311 g/mol. The van der Waals surface area contributed by atoms with Crippen LogP contribution in [0.5, 0.6) is 0 Å². The van der Waals surface area contributed by atoms with Gasteiger partial charge in [0, 0.05) is 19.5 Å². The van der Waals surface area contributed by atoms with Crippen LogP contribution >= 0.6 is 35.3 Å². The maximum Gasteiger partial charge on any atom is 0.276 e. The molecule has 1 rings (SSSR count). The Morgan fingerprint density at radius 2 is 2.28 bits per heavy atom. The minimum atomic E-state index is -0.722. The molecule has 0 fully saturated rings. The molecule has 0 spiro atoms. The van der Waals surface area contributed by atoms with E-state index in [4.69, 9.17) is 11.6 Å². The lowest BCUT2D eigenvalue weighted by molar-refractivity contribution is -0.106. The number of aromatic nitrogens is 1. The third kappa shape index (κ3) is 4.99. The van der Waals surface area contributed by atoms with Gasteiger partial charge in [-0.15, -0.1) is 23.7 Å². The van der Waals surface area contributed by atoms with Crippen molar-refractivity contribution in [2.24, 2.45) is 10.1 Å². The van der Waals surface area contributed by atoms with Crippen LogP contribution in [0.1, 0.15) is 5.69 Å². The standard InChI is InChI=1S/C9H11ClN4O2S.ClH/c1-14(2)5-11-9-12-6(4-17-9)7(8(10)15)13-16-3;/h4-5H,1-3H3;1H. The summed E-state index contributed by atoms with van der Waals surface area (Å²) < 4.78 is 0. The fourth-order valence-corrected chi connectivity index (χ4v) is 1.64. The fourth-order valence-electron chi connectivity index (χ4n) is 0.872. The third-order valence-corrected chi connectivity index (χ3v) is 2.43. The molecule has 1 heterocycles. The molecule has 0 bridgehead atoms. The van der Waals surface area contributed by atoms with Crippen LogP contribution in [0.4, 0.5) is 5.13 Å². The van der Waals surface area contributed by atoms with Crippen LogP contribution in [0.3, 0.4) is 0 Å². The van der Waals surface area contributed by atoms with Gasteiger partial charge in [0.05, 0.1) is 6.34 Å². The smallest absolute Gasteiger partial charge is 0.276 e. The maximum absolute atomic E-state index is 11.1. The Morgan fingerprint density at radius 1 is 1.61 bits per heavy atom. The molecule has 0 aliphatic heterocycles. The number of hydrogen-bond acceptors (Lipinski definition) is 6. The number of carbonyl (C=O) groups is 1. The summed E-state index contributed by atoms with van der Waals surface area (Å²) >= 11 is 6.64. The molecular formula is C9H12Cl2N4O2S. The second-order valence-corrected chi connectivity index (χ2v) is 4.30. The minimum absolute atomic E-state index is 0. The first-order valence-electron chi connectivity index (χ1n) is 4.52. The molecule has 0 aliphatic rings. The molecule has 0 aliphatic carbocycles. The third-order valence-electron chi connectivity index (χ3n) is 1.50. The van der Waals surface area contributed by atoms with E-state index in [0.29, 0.717) is 10.8 Å². The van der Waals surface area contributed by atoms with Gasteiger partial charge in [-0.2, -0.15) is 0 Å². The monoisotopic (exact) mass is 310 g/mol. The van der Waals surface area contributed by atoms with Gasteiger partial charge in [-0.25, -0.2) is 9.98 Å². The number of oxime groups is 1. The van der Waals surface area contributed by atoms with Crippen LogP contribution in [0.2, 0.25) is 0 Å². The zero-order valence-corrected chi connectivity index (χ0v) is 12.3. The van der Waals surface area contributed by atoms with E-state index < -0.39 is 5.24 Å². The summed E-state index contributed by atoms with van der Waals surface area (Å²) in [7, 11) is 5.02. The molecule has 0 unspecified atom stereocenters. The van der Waals surface area contributed by atoms with Crippen LogP contribution in [0.25, 0.3) is 0 Å². The van der Waals surface area contributed by atoms with Crippen LogP contribution in [0.15, 0.2) is 15.5 Å². The zero-order valence-electron chi connectivity index (χ0n) is 9.95. The Labute approximate surface area is 120 Å². The zero-order chi connectivity index (χ0) is 12.8. The predicted octanol–water partition coefficient (Wildman–Crippen LogP) is 1.90. The molecule has 100 valence electrons. The van der Waals surface area contributed by atoms with Crippen LogP contribution in [-0.4, -0.2) is 48.4 Å². The van der Waals surface area contributed by atoms with E-state index in [1.165, 1.54) is 18.4 Å². The summed E-state index contributed by atoms with van der Waals surface area (Å²) in [6, 6.07) is 0. The quantitative estimate of drug-likeness (QED) is 0.360. The molecule has 0 atom stereocenters. The highest BCUT2D eigenvalue weighted by Gasteiger charge is 2.16. The number of hydrogen-bond donors (Lipinski definition) is 0. The molecule has 0 saturated heterocycles. The lowest BCUT2D eigenvalue weighted by Crippen LogP contribution is -2.10. The molecule has 1 aromatic rings. The van der Waals surface area contributed by atoms with Gasteiger partial charge in [0.2, 0.25) is 5.13 Å². The summed E-state index contributed by atoms with van der Waals surface area (Å²) in [6.07, 6.45) is 1.61. The Kier molecular flexibility index (Phi) is 7.49. The van der Waals surface area contributed by atoms with Gasteiger partial charge in [0.25, 0.3) is 5.24 Å². The molecular weight excluding hydrogens is 299 g/mol. The van der Waals surface area contributed by atoms with Crippen LogP contribution in [0, 0.1) is 0 Å². The molecule has 0 aromatic carbocycles. The highest BCUT2D eigenvalue weighted by atomic mass is 35.5. The average Bonchev–Trinajstić information content (AvgIpc) is 2.71. The van der Waals surface area contributed by atoms with Crippen molar-refractivity contribution in [2.45, 2.75) is 0 Å². The summed E-state index contributed by atoms with van der Waals surface area (Å²) in [4.78, 5) is 25.6. The van der Waals surface area contributed by atoms with Crippen molar-refractivity contribution in [2.75, 3.05) is 21.2 Å². The lowest BCUT2D eigenvalue weighted by Gasteiger charge is -1.99. The second-order valence-electron chi connectivity index (χ2n) is 3.12. The van der Waals surface area contributed by atoms with Crippen molar-refractivity contribution in [3.8, 4) is 0 Å². The first-order valence-corrected chi connectivity index (χ1v) is 5.78.